The molecule has 1 aromatic heterocycles. The molecule has 1 N–H and O–H groups in total. The highest BCUT2D eigenvalue weighted by Gasteiger charge is 2.22. The first-order chi connectivity index (χ1) is 6.91. The molecule has 3 heteroatoms. The lowest BCUT2D eigenvalue weighted by Crippen LogP contribution is -2.21. The molecule has 0 saturated heterocycles. The largest absolute Gasteiger partial charge is 0.361 e. The predicted octanol–water partition coefficient (Wildman–Crippen LogP) is 2.72. The molecule has 1 aromatic rings. The van der Waals surface area contributed by atoms with Crippen LogP contribution < -0.4 is 5.32 Å². The second-order valence-corrected chi connectivity index (χ2v) is 5.45. The zero-order chi connectivity index (χ0) is 11.5. The number of hydrogen-bond acceptors (Lipinski definition) is 3. The molecule has 1 rings (SSSR count). The van der Waals surface area contributed by atoms with E-state index in [4.69, 9.17) is 4.52 Å². The molecule has 0 aliphatic heterocycles. The van der Waals surface area contributed by atoms with Crippen molar-refractivity contribution in [2.45, 2.75) is 46.6 Å². The van der Waals surface area contributed by atoms with E-state index in [1.54, 1.807) is 0 Å². The SMILES string of the molecule is CC(C)CNCc1cnoc1C(C)(C)C. The summed E-state index contributed by atoms with van der Waals surface area (Å²) in [6.45, 7) is 12.7. The summed E-state index contributed by atoms with van der Waals surface area (Å²) in [5.74, 6) is 1.65. The maximum Gasteiger partial charge on any atom is 0.146 e. The van der Waals surface area contributed by atoms with Crippen molar-refractivity contribution >= 4 is 0 Å². The van der Waals surface area contributed by atoms with Crippen molar-refractivity contribution in [2.75, 3.05) is 6.54 Å². The molecule has 0 fully saturated rings. The zero-order valence-electron chi connectivity index (χ0n) is 10.4. The van der Waals surface area contributed by atoms with E-state index in [1.165, 1.54) is 5.56 Å². The van der Waals surface area contributed by atoms with Crippen LogP contribution in [0.25, 0.3) is 0 Å². The van der Waals surface area contributed by atoms with Crippen LogP contribution in [0.15, 0.2) is 10.7 Å². The van der Waals surface area contributed by atoms with Crippen LogP contribution in [0.5, 0.6) is 0 Å². The molecule has 15 heavy (non-hydrogen) atoms. The van der Waals surface area contributed by atoms with Gasteiger partial charge in [-0.3, -0.25) is 0 Å². The number of aromatic nitrogens is 1. The molecule has 1 heterocycles. The number of rotatable bonds is 4. The molecule has 0 saturated carbocycles. The number of nitrogens with zero attached hydrogens (tertiary/aromatic N) is 1. The molecular formula is C12H22N2O. The van der Waals surface area contributed by atoms with E-state index >= 15 is 0 Å². The average Bonchev–Trinajstić information content (AvgIpc) is 2.50. The van der Waals surface area contributed by atoms with E-state index in [9.17, 15) is 0 Å². The van der Waals surface area contributed by atoms with E-state index in [0.717, 1.165) is 18.8 Å². The van der Waals surface area contributed by atoms with Gasteiger partial charge in [0.1, 0.15) is 5.76 Å². The Kier molecular flexibility index (Phi) is 3.91. The van der Waals surface area contributed by atoms with Crippen LogP contribution in [0.1, 0.15) is 45.9 Å². The van der Waals surface area contributed by atoms with Gasteiger partial charge in [0.15, 0.2) is 0 Å². The third-order valence-corrected chi connectivity index (χ3v) is 2.19. The summed E-state index contributed by atoms with van der Waals surface area (Å²) in [6.07, 6.45) is 1.81. The lowest BCUT2D eigenvalue weighted by molar-refractivity contribution is 0.326. The summed E-state index contributed by atoms with van der Waals surface area (Å²) in [6, 6.07) is 0. The van der Waals surface area contributed by atoms with Crippen molar-refractivity contribution in [3.05, 3.63) is 17.5 Å². The molecule has 0 unspecified atom stereocenters. The molecule has 0 bridgehead atoms. The van der Waals surface area contributed by atoms with Gasteiger partial charge in [-0.25, -0.2) is 0 Å². The Hall–Kier alpha value is -0.830. The van der Waals surface area contributed by atoms with Gasteiger partial charge in [0.25, 0.3) is 0 Å². The molecule has 0 amide bonds. The Morgan fingerprint density at radius 1 is 1.40 bits per heavy atom. The third kappa shape index (κ3) is 3.67. The Morgan fingerprint density at radius 3 is 2.60 bits per heavy atom. The summed E-state index contributed by atoms with van der Waals surface area (Å²) < 4.78 is 5.30. The molecular weight excluding hydrogens is 188 g/mol. The minimum atomic E-state index is 0.0331. The van der Waals surface area contributed by atoms with Crippen LogP contribution in [0.3, 0.4) is 0 Å². The Balaban J connectivity index is 2.58. The maximum atomic E-state index is 5.30. The van der Waals surface area contributed by atoms with Gasteiger partial charge < -0.3 is 9.84 Å². The fraction of sp³-hybridized carbons (Fsp3) is 0.750. The molecule has 0 radical (unpaired) electrons. The van der Waals surface area contributed by atoms with Crippen molar-refractivity contribution in [1.29, 1.82) is 0 Å². The highest BCUT2D eigenvalue weighted by Crippen LogP contribution is 2.25. The van der Waals surface area contributed by atoms with E-state index in [2.05, 4.69) is 45.1 Å². The standard InChI is InChI=1S/C12H22N2O/c1-9(2)6-13-7-10-8-14-15-11(10)12(3,4)5/h8-9,13H,6-7H2,1-5H3. The van der Waals surface area contributed by atoms with E-state index in [0.29, 0.717) is 5.92 Å². The van der Waals surface area contributed by atoms with Crippen molar-refractivity contribution in [3.8, 4) is 0 Å². The average molecular weight is 210 g/mol. The maximum absolute atomic E-state index is 5.30. The topological polar surface area (TPSA) is 38.1 Å². The van der Waals surface area contributed by atoms with Gasteiger partial charge in [0, 0.05) is 17.5 Å². The van der Waals surface area contributed by atoms with E-state index < -0.39 is 0 Å². The van der Waals surface area contributed by atoms with Crippen molar-refractivity contribution in [2.24, 2.45) is 5.92 Å². The second-order valence-electron chi connectivity index (χ2n) is 5.45. The van der Waals surface area contributed by atoms with Gasteiger partial charge in [-0.15, -0.1) is 0 Å². The fourth-order valence-electron chi connectivity index (χ4n) is 1.50. The van der Waals surface area contributed by atoms with E-state index in [-0.39, 0.29) is 5.41 Å². The normalized spacial score (nSPS) is 12.4. The highest BCUT2D eigenvalue weighted by atomic mass is 16.5. The van der Waals surface area contributed by atoms with Gasteiger partial charge in [0.2, 0.25) is 0 Å². The number of hydrogen-bond donors (Lipinski definition) is 1. The van der Waals surface area contributed by atoms with Gasteiger partial charge in [-0.1, -0.05) is 39.8 Å². The van der Waals surface area contributed by atoms with Crippen molar-refractivity contribution in [3.63, 3.8) is 0 Å². The summed E-state index contributed by atoms with van der Waals surface area (Å²) in [4.78, 5) is 0. The van der Waals surface area contributed by atoms with Crippen molar-refractivity contribution in [1.82, 2.24) is 10.5 Å². The summed E-state index contributed by atoms with van der Waals surface area (Å²) in [7, 11) is 0. The molecule has 0 atom stereocenters. The van der Waals surface area contributed by atoms with Crippen LogP contribution in [0.2, 0.25) is 0 Å². The summed E-state index contributed by atoms with van der Waals surface area (Å²) in [5, 5.41) is 7.27. The van der Waals surface area contributed by atoms with Crippen LogP contribution in [0, 0.1) is 5.92 Å². The molecule has 0 aliphatic carbocycles. The zero-order valence-corrected chi connectivity index (χ0v) is 10.4. The number of nitrogens with one attached hydrogen (secondary N) is 1. The van der Waals surface area contributed by atoms with E-state index in [1.807, 2.05) is 6.20 Å². The van der Waals surface area contributed by atoms with Gasteiger partial charge in [0.05, 0.1) is 6.20 Å². The first kappa shape index (κ1) is 12.2. The lowest BCUT2D eigenvalue weighted by Gasteiger charge is -2.16. The van der Waals surface area contributed by atoms with Crippen LogP contribution >= 0.6 is 0 Å². The van der Waals surface area contributed by atoms with Crippen molar-refractivity contribution < 1.29 is 4.52 Å². The second kappa shape index (κ2) is 4.79. The molecule has 0 aromatic carbocycles. The van der Waals surface area contributed by atoms with Crippen LogP contribution in [-0.2, 0) is 12.0 Å². The minimum absolute atomic E-state index is 0.0331. The summed E-state index contributed by atoms with van der Waals surface area (Å²) >= 11 is 0. The fourth-order valence-corrected chi connectivity index (χ4v) is 1.50. The first-order valence-electron chi connectivity index (χ1n) is 5.56. The van der Waals surface area contributed by atoms with Gasteiger partial charge in [-0.05, 0) is 12.5 Å². The monoisotopic (exact) mass is 210 g/mol. The minimum Gasteiger partial charge on any atom is -0.361 e. The Bertz CT molecular complexity index is 297. The third-order valence-electron chi connectivity index (χ3n) is 2.19. The van der Waals surface area contributed by atoms with Crippen LogP contribution in [0.4, 0.5) is 0 Å². The van der Waals surface area contributed by atoms with Gasteiger partial charge in [-0.2, -0.15) is 0 Å². The molecule has 3 nitrogen and oxygen atoms in total. The quantitative estimate of drug-likeness (QED) is 0.830. The Morgan fingerprint density at radius 2 is 2.07 bits per heavy atom. The molecule has 0 spiro atoms. The first-order valence-corrected chi connectivity index (χ1v) is 5.56. The summed E-state index contributed by atoms with van der Waals surface area (Å²) in [5.41, 5.74) is 1.20. The smallest absolute Gasteiger partial charge is 0.146 e. The molecule has 86 valence electrons. The van der Waals surface area contributed by atoms with Crippen LogP contribution in [-0.4, -0.2) is 11.7 Å². The Labute approximate surface area is 92.2 Å². The predicted molar refractivity (Wildman–Crippen MR) is 61.7 cm³/mol. The highest BCUT2D eigenvalue weighted by molar-refractivity contribution is 5.20. The lowest BCUT2D eigenvalue weighted by atomic mass is 9.90. The molecule has 0 aliphatic rings. The van der Waals surface area contributed by atoms with Gasteiger partial charge >= 0.3 is 0 Å².